The third-order valence-electron chi connectivity index (χ3n) is 2.94. The Kier molecular flexibility index (Phi) is 4.17. The van der Waals surface area contributed by atoms with Crippen molar-refractivity contribution in [2.75, 3.05) is 4.72 Å². The molecule has 120 valence electrons. The summed E-state index contributed by atoms with van der Waals surface area (Å²) in [5.41, 5.74) is 0.261. The Balaban J connectivity index is 1.99. The van der Waals surface area contributed by atoms with Gasteiger partial charge in [0, 0.05) is 16.3 Å². The fourth-order valence-electron chi connectivity index (χ4n) is 1.92. The summed E-state index contributed by atoms with van der Waals surface area (Å²) in [5.74, 6) is -0.0776. The molecular weight excluding hydrogens is 368 g/mol. The highest BCUT2D eigenvalue weighted by Crippen LogP contribution is 2.31. The number of aromatic nitrogens is 2. The van der Waals surface area contributed by atoms with Crippen LogP contribution in [-0.2, 0) is 10.0 Å². The molecular formula is C13H8ClF2N3O2S2. The summed E-state index contributed by atoms with van der Waals surface area (Å²) in [6, 6.07) is 4.88. The topological polar surface area (TPSA) is 72.0 Å². The van der Waals surface area contributed by atoms with E-state index in [2.05, 4.69) is 14.7 Å². The summed E-state index contributed by atoms with van der Waals surface area (Å²) in [6.45, 7) is 0. The molecule has 1 N–H and O–H groups in total. The molecule has 2 aromatic heterocycles. The van der Waals surface area contributed by atoms with Crippen LogP contribution < -0.4 is 4.72 Å². The summed E-state index contributed by atoms with van der Waals surface area (Å²) in [6.07, 6.45) is -1.70. The molecule has 1 aromatic carbocycles. The van der Waals surface area contributed by atoms with Gasteiger partial charge in [0.25, 0.3) is 16.4 Å². The normalized spacial score (nSPS) is 12.0. The smallest absolute Gasteiger partial charge is 0.262 e. The van der Waals surface area contributed by atoms with E-state index < -0.39 is 26.9 Å². The SMILES string of the molecule is O=S(=O)(Nc1cnc2c(Cl)cccc2n1)c1cscc1C(F)F. The van der Waals surface area contributed by atoms with Crippen molar-refractivity contribution < 1.29 is 17.2 Å². The molecule has 0 saturated heterocycles. The number of anilines is 1. The molecule has 0 radical (unpaired) electrons. The molecule has 0 aliphatic heterocycles. The van der Waals surface area contributed by atoms with Gasteiger partial charge >= 0.3 is 0 Å². The first-order valence-electron chi connectivity index (χ1n) is 6.17. The molecule has 0 fully saturated rings. The minimum atomic E-state index is -4.18. The summed E-state index contributed by atoms with van der Waals surface area (Å²) < 4.78 is 52.4. The lowest BCUT2D eigenvalue weighted by Gasteiger charge is -2.08. The first-order valence-corrected chi connectivity index (χ1v) is 8.97. The van der Waals surface area contributed by atoms with Crippen LogP contribution in [0.2, 0.25) is 5.02 Å². The molecule has 0 unspecified atom stereocenters. The number of hydrogen-bond donors (Lipinski definition) is 1. The van der Waals surface area contributed by atoms with Crippen molar-refractivity contribution in [3.8, 4) is 0 Å². The van der Waals surface area contributed by atoms with Crippen LogP contribution >= 0.6 is 22.9 Å². The monoisotopic (exact) mass is 375 g/mol. The van der Waals surface area contributed by atoms with Crippen LogP contribution in [-0.4, -0.2) is 18.4 Å². The van der Waals surface area contributed by atoms with E-state index in [9.17, 15) is 17.2 Å². The van der Waals surface area contributed by atoms with Gasteiger partial charge in [-0.2, -0.15) is 11.3 Å². The van der Waals surface area contributed by atoms with E-state index in [1.807, 2.05) is 0 Å². The predicted octanol–water partition coefficient (Wildman–Crippen LogP) is 4.08. The molecule has 3 aromatic rings. The van der Waals surface area contributed by atoms with Gasteiger partial charge in [0.05, 0.1) is 16.7 Å². The number of rotatable bonds is 4. The van der Waals surface area contributed by atoms with Gasteiger partial charge in [0.2, 0.25) is 0 Å². The van der Waals surface area contributed by atoms with E-state index in [4.69, 9.17) is 11.6 Å². The summed E-state index contributed by atoms with van der Waals surface area (Å²) in [4.78, 5) is 7.65. The van der Waals surface area contributed by atoms with Crippen molar-refractivity contribution in [3.05, 3.63) is 45.7 Å². The van der Waals surface area contributed by atoms with Crippen LogP contribution in [0.1, 0.15) is 12.0 Å². The highest BCUT2D eigenvalue weighted by Gasteiger charge is 2.25. The Hall–Kier alpha value is -1.84. The van der Waals surface area contributed by atoms with Gasteiger partial charge in [0.1, 0.15) is 10.4 Å². The zero-order valence-electron chi connectivity index (χ0n) is 11.2. The third kappa shape index (κ3) is 3.12. The van der Waals surface area contributed by atoms with Crippen molar-refractivity contribution in [2.45, 2.75) is 11.3 Å². The number of thiophene rings is 1. The number of sulfonamides is 1. The number of nitrogens with one attached hydrogen (secondary N) is 1. The highest BCUT2D eigenvalue weighted by atomic mass is 35.5. The number of benzene rings is 1. The zero-order valence-corrected chi connectivity index (χ0v) is 13.6. The van der Waals surface area contributed by atoms with Gasteiger partial charge in [-0.25, -0.2) is 27.2 Å². The molecule has 23 heavy (non-hydrogen) atoms. The second-order valence-electron chi connectivity index (χ2n) is 4.46. The Bertz CT molecular complexity index is 976. The maximum atomic E-state index is 12.9. The van der Waals surface area contributed by atoms with Crippen molar-refractivity contribution >= 4 is 49.8 Å². The molecule has 0 atom stereocenters. The van der Waals surface area contributed by atoms with Crippen LogP contribution in [0.15, 0.2) is 40.1 Å². The minimum absolute atomic E-state index is 0.0776. The van der Waals surface area contributed by atoms with Crippen molar-refractivity contribution in [3.63, 3.8) is 0 Å². The van der Waals surface area contributed by atoms with Gasteiger partial charge in [-0.1, -0.05) is 17.7 Å². The van der Waals surface area contributed by atoms with E-state index in [-0.39, 0.29) is 5.82 Å². The largest absolute Gasteiger partial charge is 0.265 e. The lowest BCUT2D eigenvalue weighted by Crippen LogP contribution is -2.15. The van der Waals surface area contributed by atoms with E-state index in [0.29, 0.717) is 16.1 Å². The average Bonchev–Trinajstić information content (AvgIpc) is 2.97. The minimum Gasteiger partial charge on any atom is -0.262 e. The number of fused-ring (bicyclic) bond motifs is 1. The number of alkyl halides is 2. The zero-order chi connectivity index (χ0) is 16.6. The van der Waals surface area contributed by atoms with Crippen LogP contribution in [0.25, 0.3) is 11.0 Å². The van der Waals surface area contributed by atoms with Gasteiger partial charge in [-0.3, -0.25) is 4.72 Å². The Morgan fingerprint density at radius 3 is 2.78 bits per heavy atom. The fraction of sp³-hybridized carbons (Fsp3) is 0.0769. The standard InChI is InChI=1S/C13H8ClF2N3O2S2/c14-8-2-1-3-9-12(8)17-4-11(18-9)19-23(20,21)10-6-22-5-7(10)13(15)16/h1-6,13H,(H,18,19). The Morgan fingerprint density at radius 1 is 1.26 bits per heavy atom. The van der Waals surface area contributed by atoms with Gasteiger partial charge in [0.15, 0.2) is 5.82 Å². The maximum Gasteiger partial charge on any atom is 0.265 e. The molecule has 0 saturated carbocycles. The molecule has 0 amide bonds. The molecule has 2 heterocycles. The molecule has 0 aliphatic carbocycles. The molecule has 0 aliphatic rings. The summed E-state index contributed by atoms with van der Waals surface area (Å²) in [5, 5.41) is 2.63. The molecule has 0 spiro atoms. The van der Waals surface area contributed by atoms with E-state index in [1.54, 1.807) is 18.2 Å². The number of hydrogen-bond acceptors (Lipinski definition) is 5. The van der Waals surface area contributed by atoms with E-state index in [1.165, 1.54) is 6.20 Å². The van der Waals surface area contributed by atoms with Crippen LogP contribution in [0, 0.1) is 0 Å². The van der Waals surface area contributed by atoms with Crippen molar-refractivity contribution in [2.24, 2.45) is 0 Å². The van der Waals surface area contributed by atoms with Gasteiger partial charge < -0.3 is 0 Å². The quantitative estimate of drug-likeness (QED) is 0.745. The van der Waals surface area contributed by atoms with Crippen molar-refractivity contribution in [1.82, 2.24) is 9.97 Å². The summed E-state index contributed by atoms with van der Waals surface area (Å²) in [7, 11) is -4.18. The van der Waals surface area contributed by atoms with Gasteiger partial charge in [-0.05, 0) is 12.1 Å². The van der Waals surface area contributed by atoms with Crippen LogP contribution in [0.4, 0.5) is 14.6 Å². The number of nitrogens with zero attached hydrogens (tertiary/aromatic N) is 2. The van der Waals surface area contributed by atoms with Crippen LogP contribution in [0.5, 0.6) is 0 Å². The second-order valence-corrected chi connectivity index (χ2v) is 7.26. The van der Waals surface area contributed by atoms with Gasteiger partial charge in [-0.15, -0.1) is 0 Å². The number of para-hydroxylation sites is 1. The van der Waals surface area contributed by atoms with Crippen molar-refractivity contribution in [1.29, 1.82) is 0 Å². The Labute approximate surface area is 139 Å². The first-order chi connectivity index (χ1) is 10.9. The first kappa shape index (κ1) is 16.0. The fourth-order valence-corrected chi connectivity index (χ4v) is 4.53. The third-order valence-corrected chi connectivity index (χ3v) is 5.57. The number of halogens is 3. The average molecular weight is 376 g/mol. The maximum absolute atomic E-state index is 12.9. The lowest BCUT2D eigenvalue weighted by molar-refractivity contribution is 0.148. The van der Waals surface area contributed by atoms with E-state index >= 15 is 0 Å². The Morgan fingerprint density at radius 2 is 2.04 bits per heavy atom. The van der Waals surface area contributed by atoms with Crippen LogP contribution in [0.3, 0.4) is 0 Å². The molecule has 0 bridgehead atoms. The molecule has 10 heteroatoms. The highest BCUT2D eigenvalue weighted by molar-refractivity contribution is 7.92. The molecule has 5 nitrogen and oxygen atoms in total. The lowest BCUT2D eigenvalue weighted by atomic mass is 10.3. The second kappa shape index (κ2) is 5.99. The molecule has 3 rings (SSSR count). The predicted molar refractivity (Wildman–Crippen MR) is 84.6 cm³/mol. The summed E-state index contributed by atoms with van der Waals surface area (Å²) >= 11 is 6.84. The van der Waals surface area contributed by atoms with E-state index in [0.717, 1.165) is 22.1 Å².